The van der Waals surface area contributed by atoms with Crippen LogP contribution in [-0.4, -0.2) is 48.8 Å². The van der Waals surface area contributed by atoms with Gasteiger partial charge in [0.2, 0.25) is 0 Å². The monoisotopic (exact) mass is 215 g/mol. The van der Waals surface area contributed by atoms with Gasteiger partial charge in [-0.2, -0.15) is 0 Å². The van der Waals surface area contributed by atoms with E-state index in [0.717, 1.165) is 0 Å². The molecule has 1 aliphatic carbocycles. The van der Waals surface area contributed by atoms with E-state index in [1.807, 2.05) is 4.90 Å². The second-order valence-electron chi connectivity index (χ2n) is 4.69. The van der Waals surface area contributed by atoms with E-state index in [2.05, 4.69) is 13.8 Å². The van der Waals surface area contributed by atoms with Gasteiger partial charge in [-0.3, -0.25) is 9.69 Å². The van der Waals surface area contributed by atoms with Gasteiger partial charge in [-0.05, 0) is 25.2 Å². The van der Waals surface area contributed by atoms with E-state index in [1.54, 1.807) is 7.11 Å². The molecular formula is C11H21NO3. The molecule has 1 rings (SSSR count). The Kier molecular flexibility index (Phi) is 4.11. The zero-order valence-corrected chi connectivity index (χ0v) is 9.82. The third-order valence-electron chi connectivity index (χ3n) is 3.52. The van der Waals surface area contributed by atoms with Gasteiger partial charge in [-0.15, -0.1) is 0 Å². The van der Waals surface area contributed by atoms with Crippen LogP contribution in [0.2, 0.25) is 0 Å². The van der Waals surface area contributed by atoms with Crippen molar-refractivity contribution in [3.8, 4) is 0 Å². The third-order valence-corrected chi connectivity index (χ3v) is 3.52. The van der Waals surface area contributed by atoms with Gasteiger partial charge in [0.05, 0.1) is 13.2 Å². The molecule has 0 spiro atoms. The lowest BCUT2D eigenvalue weighted by Crippen LogP contribution is -2.43. The zero-order chi connectivity index (χ0) is 11.5. The first-order valence-electron chi connectivity index (χ1n) is 5.44. The molecule has 0 heterocycles. The van der Waals surface area contributed by atoms with Crippen molar-refractivity contribution in [3.63, 3.8) is 0 Å². The van der Waals surface area contributed by atoms with Crippen molar-refractivity contribution in [1.29, 1.82) is 0 Å². The average Bonchev–Trinajstić information content (AvgIpc) is 2.90. The van der Waals surface area contributed by atoms with Crippen LogP contribution >= 0.6 is 0 Å². The fourth-order valence-corrected chi connectivity index (χ4v) is 1.85. The lowest BCUT2D eigenvalue weighted by Gasteiger charge is -2.31. The SMILES string of the molecule is COCCN(CC(=O)O)C(C)C1(C)CC1. The maximum absolute atomic E-state index is 10.7. The Morgan fingerprint density at radius 3 is 2.60 bits per heavy atom. The van der Waals surface area contributed by atoms with E-state index in [4.69, 9.17) is 9.84 Å². The topological polar surface area (TPSA) is 49.8 Å². The van der Waals surface area contributed by atoms with E-state index in [-0.39, 0.29) is 6.54 Å². The molecule has 0 aliphatic heterocycles. The molecule has 0 aromatic heterocycles. The smallest absolute Gasteiger partial charge is 0.317 e. The number of carboxylic acids is 1. The average molecular weight is 215 g/mol. The van der Waals surface area contributed by atoms with Gasteiger partial charge < -0.3 is 9.84 Å². The number of carbonyl (C=O) groups is 1. The summed E-state index contributed by atoms with van der Waals surface area (Å²) in [6.45, 7) is 5.73. The Morgan fingerprint density at radius 1 is 1.60 bits per heavy atom. The summed E-state index contributed by atoms with van der Waals surface area (Å²) < 4.78 is 5.00. The number of nitrogens with zero attached hydrogens (tertiary/aromatic N) is 1. The minimum atomic E-state index is -0.762. The van der Waals surface area contributed by atoms with Crippen LogP contribution in [0.15, 0.2) is 0 Å². The van der Waals surface area contributed by atoms with Crippen molar-refractivity contribution >= 4 is 5.97 Å². The van der Waals surface area contributed by atoms with Crippen molar-refractivity contribution in [3.05, 3.63) is 0 Å². The molecular weight excluding hydrogens is 194 g/mol. The van der Waals surface area contributed by atoms with Crippen LogP contribution in [0, 0.1) is 5.41 Å². The number of rotatable bonds is 7. The van der Waals surface area contributed by atoms with Gasteiger partial charge in [-0.25, -0.2) is 0 Å². The van der Waals surface area contributed by atoms with Gasteiger partial charge in [0.25, 0.3) is 0 Å². The van der Waals surface area contributed by atoms with Crippen LogP contribution in [0.25, 0.3) is 0 Å². The molecule has 1 atom stereocenters. The first-order chi connectivity index (χ1) is 6.99. The zero-order valence-electron chi connectivity index (χ0n) is 9.82. The lowest BCUT2D eigenvalue weighted by atomic mass is 9.99. The second kappa shape index (κ2) is 4.94. The normalized spacial score (nSPS) is 20.3. The summed E-state index contributed by atoms with van der Waals surface area (Å²) >= 11 is 0. The summed E-state index contributed by atoms with van der Waals surface area (Å²) in [4.78, 5) is 12.7. The number of methoxy groups -OCH3 is 1. The molecule has 15 heavy (non-hydrogen) atoms. The summed E-state index contributed by atoms with van der Waals surface area (Å²) in [6, 6.07) is 0.323. The van der Waals surface area contributed by atoms with E-state index in [0.29, 0.717) is 24.6 Å². The number of hydrogen-bond acceptors (Lipinski definition) is 3. The quantitative estimate of drug-likeness (QED) is 0.693. The van der Waals surface area contributed by atoms with Gasteiger partial charge in [0.15, 0.2) is 0 Å². The van der Waals surface area contributed by atoms with Gasteiger partial charge in [0.1, 0.15) is 0 Å². The molecule has 0 aromatic carbocycles. The first kappa shape index (κ1) is 12.5. The Hall–Kier alpha value is -0.610. The summed E-state index contributed by atoms with van der Waals surface area (Å²) in [6.07, 6.45) is 2.41. The maximum atomic E-state index is 10.7. The minimum Gasteiger partial charge on any atom is -0.480 e. The Balaban J connectivity index is 2.50. The highest BCUT2D eigenvalue weighted by atomic mass is 16.5. The molecule has 1 aliphatic rings. The molecule has 0 radical (unpaired) electrons. The molecule has 4 heteroatoms. The molecule has 0 aromatic rings. The summed E-state index contributed by atoms with van der Waals surface area (Å²) in [5.41, 5.74) is 0.323. The predicted molar refractivity (Wildman–Crippen MR) is 57.9 cm³/mol. The number of hydrogen-bond donors (Lipinski definition) is 1. The van der Waals surface area contributed by atoms with Crippen LogP contribution in [0.1, 0.15) is 26.7 Å². The van der Waals surface area contributed by atoms with E-state index < -0.39 is 5.97 Å². The summed E-state index contributed by atoms with van der Waals surface area (Å²) in [5, 5.41) is 8.84. The van der Waals surface area contributed by atoms with E-state index >= 15 is 0 Å². The molecule has 1 fully saturated rings. The lowest BCUT2D eigenvalue weighted by molar-refractivity contribution is -0.139. The molecule has 88 valence electrons. The Labute approximate surface area is 91.2 Å². The van der Waals surface area contributed by atoms with Gasteiger partial charge in [-0.1, -0.05) is 6.92 Å². The van der Waals surface area contributed by atoms with Crippen molar-refractivity contribution in [2.75, 3.05) is 26.8 Å². The molecule has 1 N–H and O–H groups in total. The van der Waals surface area contributed by atoms with Gasteiger partial charge in [0, 0.05) is 19.7 Å². The number of aliphatic carboxylic acids is 1. The largest absolute Gasteiger partial charge is 0.480 e. The van der Waals surface area contributed by atoms with E-state index in [1.165, 1.54) is 12.8 Å². The molecule has 0 bridgehead atoms. The van der Waals surface area contributed by atoms with Crippen LogP contribution in [-0.2, 0) is 9.53 Å². The molecule has 1 unspecified atom stereocenters. The van der Waals surface area contributed by atoms with Crippen LogP contribution < -0.4 is 0 Å². The first-order valence-corrected chi connectivity index (χ1v) is 5.44. The van der Waals surface area contributed by atoms with Crippen LogP contribution in [0.4, 0.5) is 0 Å². The standard InChI is InChI=1S/C11H21NO3/c1-9(11(2)4-5-11)12(6-7-15-3)8-10(13)14/h9H,4-8H2,1-3H3,(H,13,14). The fourth-order valence-electron chi connectivity index (χ4n) is 1.85. The highest BCUT2D eigenvalue weighted by molar-refractivity contribution is 5.69. The van der Waals surface area contributed by atoms with Crippen molar-refractivity contribution in [1.82, 2.24) is 4.90 Å². The second-order valence-corrected chi connectivity index (χ2v) is 4.69. The van der Waals surface area contributed by atoms with Crippen molar-refractivity contribution in [2.24, 2.45) is 5.41 Å². The molecule has 4 nitrogen and oxygen atoms in total. The molecule has 1 saturated carbocycles. The van der Waals surface area contributed by atoms with Crippen LogP contribution in [0.5, 0.6) is 0 Å². The summed E-state index contributed by atoms with van der Waals surface area (Å²) in [5.74, 6) is -0.762. The fraction of sp³-hybridized carbons (Fsp3) is 0.909. The summed E-state index contributed by atoms with van der Waals surface area (Å²) in [7, 11) is 1.64. The number of carboxylic acid groups (broad SMARTS) is 1. The highest BCUT2D eigenvalue weighted by Gasteiger charge is 2.45. The molecule has 0 saturated heterocycles. The number of ether oxygens (including phenoxy) is 1. The van der Waals surface area contributed by atoms with Crippen molar-refractivity contribution < 1.29 is 14.6 Å². The Bertz CT molecular complexity index is 226. The van der Waals surface area contributed by atoms with Gasteiger partial charge >= 0.3 is 5.97 Å². The Morgan fingerprint density at radius 2 is 2.20 bits per heavy atom. The molecule has 0 amide bonds. The van der Waals surface area contributed by atoms with E-state index in [9.17, 15) is 4.79 Å². The minimum absolute atomic E-state index is 0.111. The van der Waals surface area contributed by atoms with Crippen LogP contribution in [0.3, 0.4) is 0 Å². The maximum Gasteiger partial charge on any atom is 0.317 e. The third kappa shape index (κ3) is 3.47. The van der Waals surface area contributed by atoms with Crippen molar-refractivity contribution in [2.45, 2.75) is 32.7 Å². The highest BCUT2D eigenvalue weighted by Crippen LogP contribution is 2.49. The predicted octanol–water partition coefficient (Wildman–Crippen LogP) is 1.21.